The summed E-state index contributed by atoms with van der Waals surface area (Å²) in [6.45, 7) is 5.47. The van der Waals surface area contributed by atoms with Crippen LogP contribution in [0.1, 0.15) is 40.0 Å². The van der Waals surface area contributed by atoms with E-state index in [1.807, 2.05) is 51.4 Å². The first kappa shape index (κ1) is 23.3. The van der Waals surface area contributed by atoms with Crippen LogP contribution >= 0.6 is 0 Å². The molecule has 0 bridgehead atoms. The number of benzene rings is 3. The van der Waals surface area contributed by atoms with Crippen molar-refractivity contribution < 1.29 is 18.7 Å². The highest BCUT2D eigenvalue weighted by Gasteiger charge is 2.21. The molecule has 182 valence electrons. The molecule has 0 radical (unpaired) electrons. The first-order valence-electron chi connectivity index (χ1n) is 11.4. The summed E-state index contributed by atoms with van der Waals surface area (Å²) < 4.78 is 21.8. The van der Waals surface area contributed by atoms with E-state index in [9.17, 15) is 19.1 Å². The van der Waals surface area contributed by atoms with Crippen LogP contribution < -0.4 is 10.7 Å². The molecule has 1 unspecified atom stereocenters. The molecule has 1 atom stereocenters. The SMILES string of the molecule is Cc1cc(C(C)Nc2ccc(F)cc2C(=O)O)c2oc(-c3ccc4nn(C)cc4c3)c(C)c(=O)c2c1. The van der Waals surface area contributed by atoms with Gasteiger partial charge in [0.1, 0.15) is 17.2 Å². The van der Waals surface area contributed by atoms with Crippen LogP contribution in [0.25, 0.3) is 33.2 Å². The van der Waals surface area contributed by atoms with E-state index >= 15 is 0 Å². The third kappa shape index (κ3) is 4.00. The van der Waals surface area contributed by atoms with Gasteiger partial charge in [0, 0.05) is 41.0 Å². The average molecular weight is 486 g/mol. The number of fused-ring (bicyclic) bond motifs is 2. The minimum absolute atomic E-state index is 0.136. The van der Waals surface area contributed by atoms with Gasteiger partial charge in [-0.25, -0.2) is 9.18 Å². The molecule has 2 N–H and O–H groups in total. The Hall–Kier alpha value is -4.46. The molecule has 5 rings (SSSR count). The van der Waals surface area contributed by atoms with Crippen LogP contribution in [0.2, 0.25) is 0 Å². The fourth-order valence-electron chi connectivity index (χ4n) is 4.59. The van der Waals surface area contributed by atoms with Gasteiger partial charge in [-0.05, 0) is 68.8 Å². The molecule has 2 heterocycles. The maximum atomic E-state index is 13.7. The fraction of sp³-hybridized carbons (Fsp3) is 0.179. The van der Waals surface area contributed by atoms with E-state index in [0.717, 1.165) is 28.1 Å². The lowest BCUT2D eigenvalue weighted by Gasteiger charge is -2.20. The quantitative estimate of drug-likeness (QED) is 0.318. The summed E-state index contributed by atoms with van der Waals surface area (Å²) in [5, 5.41) is 18.4. The Balaban J connectivity index is 1.67. The Morgan fingerprint density at radius 1 is 1.14 bits per heavy atom. The van der Waals surface area contributed by atoms with Crippen molar-refractivity contribution in [2.45, 2.75) is 26.8 Å². The molecule has 0 saturated heterocycles. The number of anilines is 1. The highest BCUT2D eigenvalue weighted by Crippen LogP contribution is 2.33. The molecule has 0 amide bonds. The molecule has 0 aliphatic heterocycles. The largest absolute Gasteiger partial charge is 0.478 e. The summed E-state index contributed by atoms with van der Waals surface area (Å²) >= 11 is 0. The number of nitrogens with one attached hydrogen (secondary N) is 1. The monoisotopic (exact) mass is 485 g/mol. The molecular weight excluding hydrogens is 461 g/mol. The predicted molar refractivity (Wildman–Crippen MR) is 137 cm³/mol. The molecule has 0 aliphatic carbocycles. The van der Waals surface area contributed by atoms with Crippen LogP contribution in [0, 0.1) is 19.7 Å². The van der Waals surface area contributed by atoms with Gasteiger partial charge in [0.05, 0.1) is 22.5 Å². The smallest absolute Gasteiger partial charge is 0.337 e. The molecule has 8 heteroatoms. The zero-order valence-electron chi connectivity index (χ0n) is 20.2. The Bertz CT molecular complexity index is 1740. The molecule has 0 fully saturated rings. The number of aromatic nitrogens is 2. The maximum absolute atomic E-state index is 13.7. The molecule has 2 aromatic heterocycles. The van der Waals surface area contributed by atoms with Crippen molar-refractivity contribution in [3.63, 3.8) is 0 Å². The van der Waals surface area contributed by atoms with Gasteiger partial charge in [-0.15, -0.1) is 0 Å². The van der Waals surface area contributed by atoms with Crippen molar-refractivity contribution in [2.24, 2.45) is 7.05 Å². The number of carboxylic acids is 1. The third-order valence-electron chi connectivity index (χ3n) is 6.32. The number of halogens is 1. The summed E-state index contributed by atoms with van der Waals surface area (Å²) in [6, 6.07) is 12.5. The van der Waals surface area contributed by atoms with Crippen LogP contribution in [0.3, 0.4) is 0 Å². The molecule has 36 heavy (non-hydrogen) atoms. The third-order valence-corrected chi connectivity index (χ3v) is 6.32. The van der Waals surface area contributed by atoms with Crippen LogP contribution in [0.5, 0.6) is 0 Å². The molecule has 5 aromatic rings. The van der Waals surface area contributed by atoms with E-state index in [0.29, 0.717) is 27.9 Å². The van der Waals surface area contributed by atoms with Crippen molar-refractivity contribution in [1.82, 2.24) is 9.78 Å². The van der Waals surface area contributed by atoms with Gasteiger partial charge in [-0.2, -0.15) is 5.10 Å². The summed E-state index contributed by atoms with van der Waals surface area (Å²) in [6.07, 6.45) is 1.90. The van der Waals surface area contributed by atoms with Gasteiger partial charge in [-0.3, -0.25) is 9.48 Å². The number of carboxylic acid groups (broad SMARTS) is 1. The van der Waals surface area contributed by atoms with E-state index in [4.69, 9.17) is 4.42 Å². The number of aromatic carboxylic acids is 1. The second kappa shape index (κ2) is 8.64. The van der Waals surface area contributed by atoms with Crippen LogP contribution in [0.4, 0.5) is 10.1 Å². The minimum atomic E-state index is -1.24. The number of hydrogen-bond acceptors (Lipinski definition) is 5. The number of hydrogen-bond donors (Lipinski definition) is 2. The van der Waals surface area contributed by atoms with E-state index in [-0.39, 0.29) is 16.7 Å². The lowest BCUT2D eigenvalue weighted by Crippen LogP contribution is -2.14. The standard InChI is InChI=1S/C28H24FN3O4/c1-14-9-20(16(3)30-24-8-6-19(29)12-21(24)28(34)35)27-22(10-14)25(33)15(2)26(36-27)17-5-7-23-18(11-17)13-32(4)31-23/h5-13,16,30H,1-4H3,(H,34,35). The highest BCUT2D eigenvalue weighted by molar-refractivity contribution is 5.94. The molecule has 0 spiro atoms. The summed E-state index contributed by atoms with van der Waals surface area (Å²) in [7, 11) is 1.85. The fourth-order valence-corrected chi connectivity index (χ4v) is 4.59. The van der Waals surface area contributed by atoms with E-state index in [1.165, 1.54) is 12.1 Å². The second-order valence-corrected chi connectivity index (χ2v) is 9.05. The van der Waals surface area contributed by atoms with E-state index < -0.39 is 17.8 Å². The lowest BCUT2D eigenvalue weighted by atomic mass is 9.98. The van der Waals surface area contributed by atoms with Gasteiger partial charge in [0.2, 0.25) is 0 Å². The van der Waals surface area contributed by atoms with Gasteiger partial charge in [-0.1, -0.05) is 6.07 Å². The first-order valence-corrected chi connectivity index (χ1v) is 11.4. The van der Waals surface area contributed by atoms with Crippen LogP contribution in [-0.4, -0.2) is 20.9 Å². The summed E-state index contributed by atoms with van der Waals surface area (Å²) in [4.78, 5) is 25.1. The highest BCUT2D eigenvalue weighted by atomic mass is 19.1. The molecule has 0 aliphatic rings. The van der Waals surface area contributed by atoms with Gasteiger partial charge in [0.25, 0.3) is 0 Å². The topological polar surface area (TPSA) is 97.4 Å². The summed E-state index contributed by atoms with van der Waals surface area (Å²) in [5.41, 5.74) is 4.00. The Labute approximate surface area is 205 Å². The molecule has 0 saturated carbocycles. The van der Waals surface area contributed by atoms with Crippen molar-refractivity contribution in [3.05, 3.63) is 93.0 Å². The van der Waals surface area contributed by atoms with Crippen molar-refractivity contribution in [2.75, 3.05) is 5.32 Å². The van der Waals surface area contributed by atoms with Crippen LogP contribution in [-0.2, 0) is 7.05 Å². The van der Waals surface area contributed by atoms with Gasteiger partial charge in [0.15, 0.2) is 5.43 Å². The molecule has 7 nitrogen and oxygen atoms in total. The number of aryl methyl sites for hydroxylation is 2. The number of rotatable bonds is 5. The predicted octanol–water partition coefficient (Wildman–Crippen LogP) is 5.97. The second-order valence-electron chi connectivity index (χ2n) is 9.05. The van der Waals surface area contributed by atoms with Crippen molar-refractivity contribution in [1.29, 1.82) is 0 Å². The maximum Gasteiger partial charge on any atom is 0.337 e. The van der Waals surface area contributed by atoms with Crippen molar-refractivity contribution >= 4 is 33.5 Å². The lowest BCUT2D eigenvalue weighted by molar-refractivity contribution is 0.0697. The minimum Gasteiger partial charge on any atom is -0.478 e. The van der Waals surface area contributed by atoms with Gasteiger partial charge >= 0.3 is 5.97 Å². The first-order chi connectivity index (χ1) is 17.1. The van der Waals surface area contributed by atoms with Crippen LogP contribution in [0.15, 0.2) is 63.9 Å². The Morgan fingerprint density at radius 2 is 1.92 bits per heavy atom. The Kier molecular flexibility index (Phi) is 5.59. The number of carbonyl (C=O) groups is 1. The average Bonchev–Trinajstić information content (AvgIpc) is 3.21. The zero-order valence-corrected chi connectivity index (χ0v) is 20.2. The number of nitrogens with zero attached hydrogens (tertiary/aromatic N) is 2. The zero-order chi connectivity index (χ0) is 25.7. The van der Waals surface area contributed by atoms with E-state index in [2.05, 4.69) is 10.4 Å². The molecular formula is C28H24FN3O4. The van der Waals surface area contributed by atoms with Crippen molar-refractivity contribution in [3.8, 4) is 11.3 Å². The molecule has 3 aromatic carbocycles. The normalized spacial score (nSPS) is 12.2. The van der Waals surface area contributed by atoms with E-state index in [1.54, 1.807) is 17.7 Å². The summed E-state index contributed by atoms with van der Waals surface area (Å²) in [5.74, 6) is -1.42. The van der Waals surface area contributed by atoms with Gasteiger partial charge < -0.3 is 14.8 Å². The Morgan fingerprint density at radius 3 is 2.67 bits per heavy atom.